The summed E-state index contributed by atoms with van der Waals surface area (Å²) in [5, 5.41) is 0.394. The van der Waals surface area contributed by atoms with Crippen molar-refractivity contribution in [1.29, 1.82) is 0 Å². The first kappa shape index (κ1) is 16.8. The summed E-state index contributed by atoms with van der Waals surface area (Å²) in [6.45, 7) is 1.35. The monoisotopic (exact) mass is 368 g/mol. The summed E-state index contributed by atoms with van der Waals surface area (Å²) in [5.74, 6) is -1.03. The molecule has 2 heterocycles. The SMILES string of the molecule is O=C(c1cc(Cl)ccc1N1C(=O)c2ccccc2C1=O)N1CCCCC1. The molecule has 0 N–H and O–H groups in total. The van der Waals surface area contributed by atoms with E-state index in [0.717, 1.165) is 24.2 Å². The molecule has 3 amide bonds. The van der Waals surface area contributed by atoms with Crippen LogP contribution >= 0.6 is 11.6 Å². The number of likely N-dealkylation sites (tertiary alicyclic amines) is 1. The maximum atomic E-state index is 13.0. The Hall–Kier alpha value is -2.66. The van der Waals surface area contributed by atoms with Crippen LogP contribution in [-0.4, -0.2) is 35.7 Å². The predicted octanol–water partition coefficient (Wildman–Crippen LogP) is 3.77. The van der Waals surface area contributed by atoms with Gasteiger partial charge in [0.1, 0.15) is 0 Å². The van der Waals surface area contributed by atoms with Gasteiger partial charge in [0.15, 0.2) is 0 Å². The summed E-state index contributed by atoms with van der Waals surface area (Å²) < 4.78 is 0. The quantitative estimate of drug-likeness (QED) is 0.758. The average molecular weight is 369 g/mol. The van der Waals surface area contributed by atoms with Gasteiger partial charge in [-0.25, -0.2) is 4.90 Å². The molecule has 2 aromatic carbocycles. The normalized spacial score (nSPS) is 16.8. The Morgan fingerprint density at radius 2 is 1.50 bits per heavy atom. The molecule has 4 rings (SSSR count). The van der Waals surface area contributed by atoms with Crippen LogP contribution in [-0.2, 0) is 0 Å². The van der Waals surface area contributed by atoms with Gasteiger partial charge in [-0.1, -0.05) is 23.7 Å². The van der Waals surface area contributed by atoms with Gasteiger partial charge in [0, 0.05) is 18.1 Å². The van der Waals surface area contributed by atoms with Crippen LogP contribution in [0.1, 0.15) is 50.3 Å². The minimum absolute atomic E-state index is 0.196. The van der Waals surface area contributed by atoms with Crippen molar-refractivity contribution in [2.24, 2.45) is 0 Å². The van der Waals surface area contributed by atoms with E-state index in [9.17, 15) is 14.4 Å². The number of nitrogens with zero attached hydrogens (tertiary/aromatic N) is 2. The third-order valence-corrected chi connectivity index (χ3v) is 5.10. The smallest absolute Gasteiger partial charge is 0.266 e. The highest BCUT2D eigenvalue weighted by Gasteiger charge is 2.38. The second kappa shape index (κ2) is 6.57. The van der Waals surface area contributed by atoms with E-state index in [2.05, 4.69) is 0 Å². The van der Waals surface area contributed by atoms with E-state index in [4.69, 9.17) is 11.6 Å². The molecule has 2 aliphatic heterocycles. The fourth-order valence-corrected chi connectivity index (χ4v) is 3.72. The highest BCUT2D eigenvalue weighted by Crippen LogP contribution is 2.33. The molecule has 0 radical (unpaired) electrons. The molecule has 0 bridgehead atoms. The first-order valence-electron chi connectivity index (χ1n) is 8.64. The number of fused-ring (bicyclic) bond motifs is 1. The van der Waals surface area contributed by atoms with Gasteiger partial charge in [-0.3, -0.25) is 14.4 Å². The molecule has 132 valence electrons. The van der Waals surface area contributed by atoms with Crippen molar-refractivity contribution in [3.8, 4) is 0 Å². The van der Waals surface area contributed by atoms with E-state index in [0.29, 0.717) is 29.2 Å². The van der Waals surface area contributed by atoms with Gasteiger partial charge < -0.3 is 4.90 Å². The lowest BCUT2D eigenvalue weighted by Crippen LogP contribution is -2.38. The van der Waals surface area contributed by atoms with Crippen molar-refractivity contribution >= 4 is 35.0 Å². The number of carbonyl (C=O) groups is 3. The predicted molar refractivity (Wildman–Crippen MR) is 98.8 cm³/mol. The number of halogens is 1. The first-order valence-corrected chi connectivity index (χ1v) is 9.02. The number of hydrogen-bond donors (Lipinski definition) is 0. The van der Waals surface area contributed by atoms with Crippen LogP contribution in [0.25, 0.3) is 0 Å². The lowest BCUT2D eigenvalue weighted by molar-refractivity contribution is 0.0725. The highest BCUT2D eigenvalue weighted by atomic mass is 35.5. The van der Waals surface area contributed by atoms with Gasteiger partial charge in [-0.2, -0.15) is 0 Å². The van der Waals surface area contributed by atoms with E-state index in [1.54, 1.807) is 41.3 Å². The number of hydrogen-bond acceptors (Lipinski definition) is 3. The minimum Gasteiger partial charge on any atom is -0.339 e. The topological polar surface area (TPSA) is 57.7 Å². The molecule has 1 saturated heterocycles. The van der Waals surface area contributed by atoms with Gasteiger partial charge in [-0.05, 0) is 49.6 Å². The van der Waals surface area contributed by atoms with E-state index >= 15 is 0 Å². The molecular formula is C20H17ClN2O3. The molecule has 0 spiro atoms. The fourth-order valence-electron chi connectivity index (χ4n) is 3.55. The summed E-state index contributed by atoms with van der Waals surface area (Å²) in [6, 6.07) is 11.4. The van der Waals surface area contributed by atoms with Crippen molar-refractivity contribution < 1.29 is 14.4 Å². The largest absolute Gasteiger partial charge is 0.339 e. The standard InChI is InChI=1S/C20H17ClN2O3/c21-13-8-9-17(16(12-13)18(24)22-10-4-1-5-11-22)23-19(25)14-6-2-3-7-15(14)20(23)26/h2-3,6-9,12H,1,4-5,10-11H2. The van der Waals surface area contributed by atoms with Crippen LogP contribution in [0.5, 0.6) is 0 Å². The Morgan fingerprint density at radius 3 is 2.12 bits per heavy atom. The first-order chi connectivity index (χ1) is 12.6. The lowest BCUT2D eigenvalue weighted by Gasteiger charge is -2.28. The summed E-state index contributed by atoms with van der Waals surface area (Å²) in [7, 11) is 0. The van der Waals surface area contributed by atoms with E-state index in [1.807, 2.05) is 0 Å². The molecule has 0 unspecified atom stereocenters. The summed E-state index contributed by atoms with van der Waals surface area (Å²) in [5.41, 5.74) is 1.28. The fraction of sp³-hybridized carbons (Fsp3) is 0.250. The van der Waals surface area contributed by atoms with Gasteiger partial charge >= 0.3 is 0 Å². The van der Waals surface area contributed by atoms with Crippen molar-refractivity contribution in [3.63, 3.8) is 0 Å². The van der Waals surface area contributed by atoms with Crippen LogP contribution in [0.2, 0.25) is 5.02 Å². The number of carbonyl (C=O) groups excluding carboxylic acids is 3. The summed E-state index contributed by atoms with van der Waals surface area (Å²) in [6.07, 6.45) is 3.01. The van der Waals surface area contributed by atoms with Crippen molar-refractivity contribution in [2.75, 3.05) is 18.0 Å². The average Bonchev–Trinajstić information content (AvgIpc) is 2.93. The van der Waals surface area contributed by atoms with Gasteiger partial charge in [-0.15, -0.1) is 0 Å². The molecular weight excluding hydrogens is 352 g/mol. The van der Waals surface area contributed by atoms with Gasteiger partial charge in [0.05, 0.1) is 22.4 Å². The van der Waals surface area contributed by atoms with Crippen LogP contribution < -0.4 is 4.90 Å². The van der Waals surface area contributed by atoms with Crippen LogP contribution in [0.3, 0.4) is 0 Å². The number of benzene rings is 2. The number of rotatable bonds is 2. The van der Waals surface area contributed by atoms with Crippen LogP contribution in [0, 0.1) is 0 Å². The highest BCUT2D eigenvalue weighted by molar-refractivity contribution is 6.36. The Kier molecular flexibility index (Phi) is 4.24. The molecule has 2 aromatic rings. The Labute approximate surface area is 156 Å². The Bertz CT molecular complexity index is 884. The van der Waals surface area contributed by atoms with Gasteiger partial charge in [0.25, 0.3) is 17.7 Å². The van der Waals surface area contributed by atoms with Crippen molar-refractivity contribution in [2.45, 2.75) is 19.3 Å². The van der Waals surface area contributed by atoms with Crippen molar-refractivity contribution in [3.05, 3.63) is 64.2 Å². The zero-order valence-electron chi connectivity index (χ0n) is 14.1. The third-order valence-electron chi connectivity index (χ3n) is 4.87. The second-order valence-corrected chi connectivity index (χ2v) is 6.94. The molecule has 0 aliphatic carbocycles. The second-order valence-electron chi connectivity index (χ2n) is 6.51. The Morgan fingerprint density at radius 1 is 0.885 bits per heavy atom. The molecule has 6 heteroatoms. The van der Waals surface area contributed by atoms with E-state index < -0.39 is 11.8 Å². The summed E-state index contributed by atoms with van der Waals surface area (Å²) >= 11 is 6.11. The number of anilines is 1. The van der Waals surface area contributed by atoms with Crippen molar-refractivity contribution in [1.82, 2.24) is 4.90 Å². The van der Waals surface area contributed by atoms with E-state index in [1.165, 1.54) is 6.07 Å². The molecule has 0 saturated carbocycles. The third kappa shape index (κ3) is 2.69. The van der Waals surface area contributed by atoms with Crippen LogP contribution in [0.15, 0.2) is 42.5 Å². The van der Waals surface area contributed by atoms with Gasteiger partial charge in [0.2, 0.25) is 0 Å². The molecule has 26 heavy (non-hydrogen) atoms. The Balaban J connectivity index is 1.77. The molecule has 2 aliphatic rings. The zero-order valence-corrected chi connectivity index (χ0v) is 14.8. The number of piperidine rings is 1. The molecule has 1 fully saturated rings. The molecule has 5 nitrogen and oxygen atoms in total. The maximum absolute atomic E-state index is 13.0. The number of imide groups is 1. The van der Waals surface area contributed by atoms with Crippen LogP contribution in [0.4, 0.5) is 5.69 Å². The van der Waals surface area contributed by atoms with E-state index in [-0.39, 0.29) is 17.2 Å². The molecule has 0 aromatic heterocycles. The minimum atomic E-state index is -0.416. The zero-order chi connectivity index (χ0) is 18.3. The molecule has 0 atom stereocenters. The lowest BCUT2D eigenvalue weighted by atomic mass is 10.1. The maximum Gasteiger partial charge on any atom is 0.266 e. The summed E-state index contributed by atoms with van der Waals surface area (Å²) in [4.78, 5) is 41.5. The number of amides is 3.